The molecule has 0 saturated carbocycles. The van der Waals surface area contributed by atoms with Crippen LogP contribution in [0.25, 0.3) is 22.8 Å². The van der Waals surface area contributed by atoms with Crippen molar-refractivity contribution < 1.29 is 0 Å². The Balaban J connectivity index is 1.99. The van der Waals surface area contributed by atoms with Gasteiger partial charge in [0.15, 0.2) is 0 Å². The van der Waals surface area contributed by atoms with Crippen molar-refractivity contribution in [3.8, 4) is 22.8 Å². The molecule has 0 fully saturated rings. The van der Waals surface area contributed by atoms with Crippen molar-refractivity contribution in [1.82, 2.24) is 15.0 Å². The van der Waals surface area contributed by atoms with Crippen molar-refractivity contribution in [1.29, 1.82) is 0 Å². The van der Waals surface area contributed by atoms with Crippen molar-refractivity contribution in [3.63, 3.8) is 0 Å². The van der Waals surface area contributed by atoms with Crippen LogP contribution in [-0.4, -0.2) is 15.0 Å². The molecule has 0 bridgehead atoms. The average Bonchev–Trinajstić information content (AvgIpc) is 2.90. The van der Waals surface area contributed by atoms with E-state index in [1.807, 2.05) is 54.7 Å². The lowest BCUT2D eigenvalue weighted by Gasteiger charge is -1.96. The zero-order valence-electron chi connectivity index (χ0n) is 9.17. The zero-order valence-corrected chi connectivity index (χ0v) is 9.17. The van der Waals surface area contributed by atoms with Crippen LogP contribution < -0.4 is 0 Å². The molecule has 17 heavy (non-hydrogen) atoms. The van der Waals surface area contributed by atoms with E-state index in [0.717, 1.165) is 22.8 Å². The molecule has 0 atom stereocenters. The Hall–Kier alpha value is -2.42. The highest BCUT2D eigenvalue weighted by Gasteiger charge is 2.04. The number of nitrogens with zero attached hydrogens (tertiary/aromatic N) is 2. The number of nitrogens with one attached hydrogen (secondary N) is 1. The number of aromatic nitrogens is 3. The molecule has 82 valence electrons. The van der Waals surface area contributed by atoms with E-state index in [4.69, 9.17) is 0 Å². The molecule has 0 unspecified atom stereocenters. The van der Waals surface area contributed by atoms with Crippen molar-refractivity contribution in [2.45, 2.75) is 0 Å². The molecule has 3 rings (SSSR count). The summed E-state index contributed by atoms with van der Waals surface area (Å²) in [6.45, 7) is 0. The number of pyridine rings is 1. The van der Waals surface area contributed by atoms with Gasteiger partial charge in [-0.05, 0) is 12.1 Å². The smallest absolute Gasteiger partial charge is 0.137 e. The molecule has 0 saturated heterocycles. The second kappa shape index (κ2) is 4.22. The van der Waals surface area contributed by atoms with Gasteiger partial charge in [-0.1, -0.05) is 36.4 Å². The third-order valence-corrected chi connectivity index (χ3v) is 2.56. The Kier molecular flexibility index (Phi) is 2.43. The summed E-state index contributed by atoms with van der Waals surface area (Å²) >= 11 is 0. The number of hydrogen-bond donors (Lipinski definition) is 1. The number of benzene rings is 1. The average molecular weight is 221 g/mol. The fraction of sp³-hybridized carbons (Fsp3) is 0. The quantitative estimate of drug-likeness (QED) is 0.722. The van der Waals surface area contributed by atoms with Gasteiger partial charge in [0.1, 0.15) is 5.82 Å². The van der Waals surface area contributed by atoms with Gasteiger partial charge in [0.2, 0.25) is 0 Å². The van der Waals surface area contributed by atoms with Gasteiger partial charge in [0.25, 0.3) is 0 Å². The number of imidazole rings is 1. The first-order valence-electron chi connectivity index (χ1n) is 5.45. The Morgan fingerprint density at radius 1 is 0.824 bits per heavy atom. The lowest BCUT2D eigenvalue weighted by Crippen LogP contribution is -1.82. The predicted octanol–water partition coefficient (Wildman–Crippen LogP) is 3.14. The first-order chi connectivity index (χ1) is 8.43. The van der Waals surface area contributed by atoms with E-state index in [1.165, 1.54) is 0 Å². The molecule has 2 aromatic heterocycles. The molecule has 3 aromatic rings. The van der Waals surface area contributed by atoms with Gasteiger partial charge in [-0.3, -0.25) is 4.98 Å². The van der Waals surface area contributed by atoms with Crippen LogP contribution in [0.15, 0.2) is 60.9 Å². The van der Waals surface area contributed by atoms with Crippen LogP contribution >= 0.6 is 0 Å². The Morgan fingerprint density at radius 2 is 1.65 bits per heavy atom. The van der Waals surface area contributed by atoms with Crippen molar-refractivity contribution in [3.05, 3.63) is 60.9 Å². The van der Waals surface area contributed by atoms with Crippen LogP contribution in [0, 0.1) is 0 Å². The fourth-order valence-corrected chi connectivity index (χ4v) is 1.72. The van der Waals surface area contributed by atoms with Gasteiger partial charge < -0.3 is 4.98 Å². The topological polar surface area (TPSA) is 41.6 Å². The van der Waals surface area contributed by atoms with Gasteiger partial charge in [-0.2, -0.15) is 0 Å². The van der Waals surface area contributed by atoms with E-state index in [0.29, 0.717) is 0 Å². The van der Waals surface area contributed by atoms with Gasteiger partial charge in [-0.25, -0.2) is 4.98 Å². The maximum absolute atomic E-state index is 4.37. The number of hydrogen-bond acceptors (Lipinski definition) is 2. The molecule has 2 heterocycles. The van der Waals surface area contributed by atoms with E-state index >= 15 is 0 Å². The summed E-state index contributed by atoms with van der Waals surface area (Å²) < 4.78 is 0. The second-order valence-corrected chi connectivity index (χ2v) is 3.73. The lowest BCUT2D eigenvalue weighted by atomic mass is 10.2. The Morgan fingerprint density at radius 3 is 2.41 bits per heavy atom. The molecule has 0 amide bonds. The van der Waals surface area contributed by atoms with Crippen LogP contribution in [0.3, 0.4) is 0 Å². The normalized spacial score (nSPS) is 10.4. The maximum atomic E-state index is 4.37. The van der Waals surface area contributed by atoms with Crippen molar-refractivity contribution in [2.75, 3.05) is 0 Å². The summed E-state index contributed by atoms with van der Waals surface area (Å²) in [5.74, 6) is 0.867. The van der Waals surface area contributed by atoms with Crippen molar-refractivity contribution in [2.24, 2.45) is 0 Å². The summed E-state index contributed by atoms with van der Waals surface area (Å²) in [4.78, 5) is 11.9. The van der Waals surface area contributed by atoms with Crippen LogP contribution in [0.1, 0.15) is 0 Å². The van der Waals surface area contributed by atoms with E-state index in [9.17, 15) is 0 Å². The van der Waals surface area contributed by atoms with E-state index in [-0.39, 0.29) is 0 Å². The largest absolute Gasteiger partial charge is 0.337 e. The molecule has 3 heteroatoms. The van der Waals surface area contributed by atoms with Gasteiger partial charge in [0, 0.05) is 11.8 Å². The third kappa shape index (κ3) is 1.95. The molecular formula is C14H11N3. The monoisotopic (exact) mass is 221 g/mol. The van der Waals surface area contributed by atoms with E-state index in [1.54, 1.807) is 6.20 Å². The molecule has 3 nitrogen and oxygen atoms in total. The van der Waals surface area contributed by atoms with Crippen LogP contribution in [0.4, 0.5) is 0 Å². The van der Waals surface area contributed by atoms with Gasteiger partial charge in [-0.15, -0.1) is 0 Å². The summed E-state index contributed by atoms with van der Waals surface area (Å²) in [5.41, 5.74) is 2.92. The predicted molar refractivity (Wildman–Crippen MR) is 67.3 cm³/mol. The third-order valence-electron chi connectivity index (χ3n) is 2.56. The van der Waals surface area contributed by atoms with Gasteiger partial charge in [0.05, 0.1) is 17.6 Å². The first kappa shape index (κ1) is 9.78. The van der Waals surface area contributed by atoms with Crippen molar-refractivity contribution >= 4 is 0 Å². The highest BCUT2D eigenvalue weighted by Crippen LogP contribution is 2.19. The molecule has 0 aliphatic rings. The number of rotatable bonds is 2. The second-order valence-electron chi connectivity index (χ2n) is 3.73. The number of H-pyrrole nitrogens is 1. The number of aromatic amines is 1. The molecule has 1 N–H and O–H groups in total. The minimum absolute atomic E-state index is 0.867. The highest BCUT2D eigenvalue weighted by molar-refractivity contribution is 5.61. The Bertz CT molecular complexity index is 546. The zero-order chi connectivity index (χ0) is 11.5. The molecule has 0 aliphatic carbocycles. The summed E-state index contributed by atoms with van der Waals surface area (Å²) in [6, 6.07) is 15.9. The maximum Gasteiger partial charge on any atom is 0.137 e. The molecule has 1 aromatic carbocycles. The minimum Gasteiger partial charge on any atom is -0.337 e. The van der Waals surface area contributed by atoms with E-state index in [2.05, 4.69) is 15.0 Å². The first-order valence-corrected chi connectivity index (χ1v) is 5.45. The van der Waals surface area contributed by atoms with Crippen LogP contribution in [0.2, 0.25) is 0 Å². The van der Waals surface area contributed by atoms with E-state index < -0.39 is 0 Å². The fourth-order valence-electron chi connectivity index (χ4n) is 1.72. The molecule has 0 spiro atoms. The minimum atomic E-state index is 0.867. The standard InChI is InChI=1S/C14H11N3/c1-2-6-11(7-3-1)14-16-10-13(17-14)12-8-4-5-9-15-12/h1-10H,(H,16,17). The molecular weight excluding hydrogens is 210 g/mol. The summed E-state index contributed by atoms with van der Waals surface area (Å²) in [7, 11) is 0. The molecule has 0 radical (unpaired) electrons. The van der Waals surface area contributed by atoms with Crippen LogP contribution in [0.5, 0.6) is 0 Å². The summed E-state index contributed by atoms with van der Waals surface area (Å²) in [5, 5.41) is 0. The Labute approximate surface area is 99.2 Å². The SMILES string of the molecule is c1ccc(-c2ncc(-c3ccccn3)[nH]2)cc1. The lowest BCUT2D eigenvalue weighted by molar-refractivity contribution is 1.27. The highest BCUT2D eigenvalue weighted by atomic mass is 14.9. The summed E-state index contributed by atoms with van der Waals surface area (Å²) in [6.07, 6.45) is 3.59. The molecule has 0 aliphatic heterocycles. The van der Waals surface area contributed by atoms with Crippen LogP contribution in [-0.2, 0) is 0 Å². The van der Waals surface area contributed by atoms with Gasteiger partial charge >= 0.3 is 0 Å².